The summed E-state index contributed by atoms with van der Waals surface area (Å²) >= 11 is 0. The molecule has 0 aliphatic carbocycles. The zero-order valence-electron chi connectivity index (χ0n) is 9.55. The normalized spacial score (nSPS) is 10.2. The summed E-state index contributed by atoms with van der Waals surface area (Å²) in [6.45, 7) is 0.489. The van der Waals surface area contributed by atoms with Crippen LogP contribution in [0.4, 0.5) is 0 Å². The van der Waals surface area contributed by atoms with Crippen molar-refractivity contribution in [2.75, 3.05) is 0 Å². The fourth-order valence-electron chi connectivity index (χ4n) is 1.57. The molecule has 4 nitrogen and oxygen atoms in total. The number of phenolic OH excluding ortho intramolecular Hbond substituents is 1. The lowest BCUT2D eigenvalue weighted by Gasteiger charge is -2.06. The monoisotopic (exact) mass is 230 g/mol. The van der Waals surface area contributed by atoms with E-state index in [9.17, 15) is 4.79 Å². The minimum absolute atomic E-state index is 0.147. The highest BCUT2D eigenvalue weighted by atomic mass is 16.3. The number of nitrogens with zero attached hydrogens (tertiary/aromatic N) is 1. The molecule has 0 aliphatic rings. The molecule has 1 aromatic heterocycles. The number of rotatable bonds is 3. The summed E-state index contributed by atoms with van der Waals surface area (Å²) in [6.07, 6.45) is 1.93. The van der Waals surface area contributed by atoms with Crippen LogP contribution in [0.3, 0.4) is 0 Å². The van der Waals surface area contributed by atoms with E-state index < -0.39 is 0 Å². The minimum Gasteiger partial charge on any atom is -0.508 e. The fraction of sp³-hybridized carbons (Fsp3) is 0.154. The second-order valence-corrected chi connectivity index (χ2v) is 3.84. The van der Waals surface area contributed by atoms with E-state index in [2.05, 4.69) is 5.32 Å². The first-order valence-corrected chi connectivity index (χ1v) is 5.34. The predicted octanol–water partition coefficient (Wildman–Crippen LogP) is 1.66. The zero-order chi connectivity index (χ0) is 12.3. The summed E-state index contributed by atoms with van der Waals surface area (Å²) in [5.41, 5.74) is 1.58. The van der Waals surface area contributed by atoms with Gasteiger partial charge in [-0.15, -0.1) is 0 Å². The maximum atomic E-state index is 11.8. The Labute approximate surface area is 99.5 Å². The van der Waals surface area contributed by atoms with Crippen molar-refractivity contribution in [3.63, 3.8) is 0 Å². The number of nitrogens with one attached hydrogen (secondary N) is 1. The van der Waals surface area contributed by atoms with Crippen LogP contribution in [0.5, 0.6) is 5.75 Å². The highest BCUT2D eigenvalue weighted by Crippen LogP contribution is 2.09. The Hall–Kier alpha value is -2.23. The van der Waals surface area contributed by atoms with Crippen molar-refractivity contribution in [2.45, 2.75) is 6.54 Å². The van der Waals surface area contributed by atoms with Gasteiger partial charge in [-0.3, -0.25) is 4.79 Å². The number of aryl methyl sites for hydroxylation is 1. The molecule has 0 radical (unpaired) electrons. The molecule has 0 unspecified atom stereocenters. The number of hydrogen-bond donors (Lipinski definition) is 2. The summed E-state index contributed by atoms with van der Waals surface area (Å²) in [7, 11) is 1.93. The summed E-state index contributed by atoms with van der Waals surface area (Å²) in [5.74, 6) is 0.00943. The molecule has 0 fully saturated rings. The third-order valence-electron chi connectivity index (χ3n) is 2.61. The zero-order valence-corrected chi connectivity index (χ0v) is 9.55. The molecule has 4 heteroatoms. The van der Waals surface area contributed by atoms with Gasteiger partial charge in [-0.1, -0.05) is 0 Å². The standard InChI is InChI=1S/C13H14N2O2/c1-15-8-2-3-11(15)9-14-13(17)10-4-6-12(16)7-5-10/h2-8,16H,9H2,1H3,(H,14,17). The number of phenols is 1. The van der Waals surface area contributed by atoms with Gasteiger partial charge >= 0.3 is 0 Å². The molecule has 0 saturated heterocycles. The number of carbonyl (C=O) groups is 1. The number of aromatic hydroxyl groups is 1. The van der Waals surface area contributed by atoms with Gasteiger partial charge < -0.3 is 15.0 Å². The first kappa shape index (κ1) is 11.3. The summed E-state index contributed by atoms with van der Waals surface area (Å²) in [5, 5.41) is 11.9. The van der Waals surface area contributed by atoms with E-state index in [1.165, 1.54) is 12.1 Å². The van der Waals surface area contributed by atoms with Gasteiger partial charge in [-0.05, 0) is 36.4 Å². The number of hydrogen-bond acceptors (Lipinski definition) is 2. The number of amides is 1. The lowest BCUT2D eigenvalue weighted by atomic mass is 10.2. The Bertz CT molecular complexity index is 514. The van der Waals surface area contributed by atoms with Crippen LogP contribution >= 0.6 is 0 Å². The number of benzene rings is 1. The summed E-state index contributed by atoms with van der Waals surface area (Å²) in [6, 6.07) is 10.1. The highest BCUT2D eigenvalue weighted by molar-refractivity contribution is 5.94. The van der Waals surface area contributed by atoms with Crippen molar-refractivity contribution in [2.24, 2.45) is 7.05 Å². The number of carbonyl (C=O) groups excluding carboxylic acids is 1. The lowest BCUT2D eigenvalue weighted by Crippen LogP contribution is -2.23. The van der Waals surface area contributed by atoms with Crippen LogP contribution in [0.15, 0.2) is 42.6 Å². The van der Waals surface area contributed by atoms with Crippen LogP contribution in [0.2, 0.25) is 0 Å². The molecule has 0 spiro atoms. The molecule has 1 aromatic carbocycles. The van der Waals surface area contributed by atoms with E-state index in [0.717, 1.165) is 5.69 Å². The Balaban J connectivity index is 1.98. The minimum atomic E-state index is -0.147. The Morgan fingerprint density at radius 2 is 2.00 bits per heavy atom. The second kappa shape index (κ2) is 4.74. The predicted molar refractivity (Wildman–Crippen MR) is 64.7 cm³/mol. The van der Waals surface area contributed by atoms with Crippen molar-refractivity contribution in [3.8, 4) is 5.75 Å². The van der Waals surface area contributed by atoms with Gasteiger partial charge in [0.2, 0.25) is 0 Å². The van der Waals surface area contributed by atoms with Gasteiger partial charge in [0, 0.05) is 24.5 Å². The Morgan fingerprint density at radius 3 is 2.59 bits per heavy atom. The van der Waals surface area contributed by atoms with Crippen LogP contribution in [-0.2, 0) is 13.6 Å². The van der Waals surface area contributed by atoms with Crippen molar-refractivity contribution in [1.82, 2.24) is 9.88 Å². The Morgan fingerprint density at radius 1 is 1.29 bits per heavy atom. The van der Waals surface area contributed by atoms with Gasteiger partial charge in [0.05, 0.1) is 6.54 Å². The molecule has 0 atom stereocenters. The Kier molecular flexibility index (Phi) is 3.14. The third-order valence-corrected chi connectivity index (χ3v) is 2.61. The SMILES string of the molecule is Cn1cccc1CNC(=O)c1ccc(O)cc1. The van der Waals surface area contributed by atoms with Crippen molar-refractivity contribution in [3.05, 3.63) is 53.9 Å². The van der Waals surface area contributed by atoms with Gasteiger partial charge in [0.25, 0.3) is 5.91 Å². The molecule has 2 N–H and O–H groups in total. The summed E-state index contributed by atoms with van der Waals surface area (Å²) in [4.78, 5) is 11.8. The lowest BCUT2D eigenvalue weighted by molar-refractivity contribution is 0.0950. The largest absolute Gasteiger partial charge is 0.508 e. The van der Waals surface area contributed by atoms with E-state index in [1.807, 2.05) is 29.9 Å². The van der Waals surface area contributed by atoms with E-state index in [1.54, 1.807) is 12.1 Å². The molecular weight excluding hydrogens is 216 g/mol. The maximum absolute atomic E-state index is 11.8. The van der Waals surface area contributed by atoms with Crippen LogP contribution < -0.4 is 5.32 Å². The average molecular weight is 230 g/mol. The molecular formula is C13H14N2O2. The molecule has 0 saturated carbocycles. The molecule has 0 aliphatic heterocycles. The van der Waals surface area contributed by atoms with Crippen LogP contribution in [0.1, 0.15) is 16.1 Å². The van der Waals surface area contributed by atoms with Crippen molar-refractivity contribution >= 4 is 5.91 Å². The van der Waals surface area contributed by atoms with E-state index in [4.69, 9.17) is 5.11 Å². The molecule has 88 valence electrons. The van der Waals surface area contributed by atoms with Gasteiger partial charge in [-0.25, -0.2) is 0 Å². The van der Waals surface area contributed by atoms with Crippen molar-refractivity contribution < 1.29 is 9.90 Å². The fourth-order valence-corrected chi connectivity index (χ4v) is 1.57. The van der Waals surface area contributed by atoms with E-state index >= 15 is 0 Å². The quantitative estimate of drug-likeness (QED) is 0.842. The highest BCUT2D eigenvalue weighted by Gasteiger charge is 2.05. The van der Waals surface area contributed by atoms with E-state index in [0.29, 0.717) is 12.1 Å². The van der Waals surface area contributed by atoms with Crippen molar-refractivity contribution in [1.29, 1.82) is 0 Å². The first-order valence-electron chi connectivity index (χ1n) is 5.34. The second-order valence-electron chi connectivity index (χ2n) is 3.84. The van der Waals surface area contributed by atoms with E-state index in [-0.39, 0.29) is 11.7 Å². The average Bonchev–Trinajstić information content (AvgIpc) is 2.73. The first-order chi connectivity index (χ1) is 8.16. The molecule has 17 heavy (non-hydrogen) atoms. The van der Waals surface area contributed by atoms with Gasteiger partial charge in [0.15, 0.2) is 0 Å². The third kappa shape index (κ3) is 2.66. The number of aromatic nitrogens is 1. The molecule has 2 rings (SSSR count). The summed E-state index contributed by atoms with van der Waals surface area (Å²) < 4.78 is 1.96. The van der Waals surface area contributed by atoms with Crippen LogP contribution in [0.25, 0.3) is 0 Å². The van der Waals surface area contributed by atoms with Gasteiger partial charge in [-0.2, -0.15) is 0 Å². The molecule has 1 heterocycles. The van der Waals surface area contributed by atoms with Gasteiger partial charge in [0.1, 0.15) is 5.75 Å². The smallest absolute Gasteiger partial charge is 0.251 e. The maximum Gasteiger partial charge on any atom is 0.251 e. The van der Waals surface area contributed by atoms with Crippen LogP contribution in [-0.4, -0.2) is 15.6 Å². The molecule has 1 amide bonds. The van der Waals surface area contributed by atoms with Crippen LogP contribution in [0, 0.1) is 0 Å². The topological polar surface area (TPSA) is 54.3 Å². The molecule has 0 bridgehead atoms. The molecule has 2 aromatic rings.